The second-order valence-corrected chi connectivity index (χ2v) is 8.49. The van der Waals surface area contributed by atoms with Crippen molar-refractivity contribution in [2.45, 2.75) is 12.1 Å². The van der Waals surface area contributed by atoms with Crippen LogP contribution in [0.15, 0.2) is 24.3 Å². The summed E-state index contributed by atoms with van der Waals surface area (Å²) in [5.41, 5.74) is 0.593. The van der Waals surface area contributed by atoms with Crippen molar-refractivity contribution < 1.29 is 22.7 Å². The maximum atomic E-state index is 12.8. The summed E-state index contributed by atoms with van der Waals surface area (Å²) in [6.07, 6.45) is -0.927. The van der Waals surface area contributed by atoms with Crippen LogP contribution in [0.25, 0.3) is 0 Å². The lowest BCUT2D eigenvalue weighted by atomic mass is 9.98. The third-order valence-electron chi connectivity index (χ3n) is 4.15. The van der Waals surface area contributed by atoms with E-state index < -0.39 is 22.0 Å². The molecule has 0 saturated carbocycles. The fourth-order valence-corrected chi connectivity index (χ4v) is 4.30. The highest BCUT2D eigenvalue weighted by atomic mass is 35.5. The summed E-state index contributed by atoms with van der Waals surface area (Å²) in [6.45, 7) is 0.0396. The normalized spacial score (nSPS) is 26.7. The smallest absolute Gasteiger partial charge is 0.254 e. The quantitative estimate of drug-likeness (QED) is 0.798. The number of benzene rings is 1. The lowest BCUT2D eigenvalue weighted by Gasteiger charge is -2.36. The average Bonchev–Trinajstić information content (AvgIpc) is 2.54. The van der Waals surface area contributed by atoms with Gasteiger partial charge in [-0.2, -0.15) is 0 Å². The molecule has 2 atom stereocenters. The summed E-state index contributed by atoms with van der Waals surface area (Å²) in [4.78, 5) is 25.9. The number of morpholine rings is 1. The lowest BCUT2D eigenvalue weighted by Crippen LogP contribution is -2.55. The van der Waals surface area contributed by atoms with Crippen LogP contribution in [0.4, 0.5) is 0 Å². The molecule has 0 aromatic heterocycles. The molecule has 2 aliphatic rings. The Morgan fingerprint density at radius 2 is 1.92 bits per heavy atom. The molecule has 2 fully saturated rings. The number of hydrogen-bond acceptors (Lipinski definition) is 5. The van der Waals surface area contributed by atoms with Crippen LogP contribution in [-0.4, -0.2) is 62.4 Å². The molecule has 3 rings (SSSR count). The van der Waals surface area contributed by atoms with Gasteiger partial charge in [-0.05, 0) is 11.6 Å². The molecule has 2 aliphatic heterocycles. The van der Waals surface area contributed by atoms with Crippen LogP contribution in [0.1, 0.15) is 11.6 Å². The maximum Gasteiger partial charge on any atom is 0.254 e. The van der Waals surface area contributed by atoms with Gasteiger partial charge in [-0.15, -0.1) is 0 Å². The molecule has 2 saturated heterocycles. The summed E-state index contributed by atoms with van der Waals surface area (Å²) in [6, 6.07) is 6.21. The zero-order valence-electron chi connectivity index (χ0n) is 12.8. The van der Waals surface area contributed by atoms with Crippen LogP contribution in [-0.2, 0) is 24.2 Å². The lowest BCUT2D eigenvalue weighted by molar-refractivity contribution is -0.155. The van der Waals surface area contributed by atoms with Gasteiger partial charge in [0.25, 0.3) is 5.91 Å². The van der Waals surface area contributed by atoms with E-state index in [-0.39, 0.29) is 43.0 Å². The van der Waals surface area contributed by atoms with E-state index in [0.717, 1.165) is 0 Å². The van der Waals surface area contributed by atoms with Crippen LogP contribution < -0.4 is 5.32 Å². The van der Waals surface area contributed by atoms with Crippen molar-refractivity contribution in [2.24, 2.45) is 0 Å². The summed E-state index contributed by atoms with van der Waals surface area (Å²) >= 11 is 6.19. The number of carbonyl (C=O) groups is 2. The van der Waals surface area contributed by atoms with Crippen LogP contribution >= 0.6 is 11.6 Å². The molecule has 7 nitrogen and oxygen atoms in total. The number of ether oxygens (including phenoxy) is 1. The molecule has 2 amide bonds. The Bertz CT molecular complexity index is 753. The fourth-order valence-electron chi connectivity index (χ4n) is 2.85. The van der Waals surface area contributed by atoms with Crippen LogP contribution in [0.3, 0.4) is 0 Å². The second kappa shape index (κ2) is 6.70. The number of nitrogens with zero attached hydrogens (tertiary/aromatic N) is 1. The Labute approximate surface area is 144 Å². The molecule has 2 heterocycles. The van der Waals surface area contributed by atoms with Gasteiger partial charge in [0.15, 0.2) is 15.9 Å². The molecule has 0 radical (unpaired) electrons. The van der Waals surface area contributed by atoms with Gasteiger partial charge in [0, 0.05) is 18.1 Å². The first-order valence-electron chi connectivity index (χ1n) is 7.52. The minimum atomic E-state index is -3.09. The number of sulfone groups is 1. The maximum absolute atomic E-state index is 12.8. The molecule has 24 heavy (non-hydrogen) atoms. The van der Waals surface area contributed by atoms with Gasteiger partial charge in [0.2, 0.25) is 5.91 Å². The van der Waals surface area contributed by atoms with Crippen molar-refractivity contribution in [3.8, 4) is 0 Å². The van der Waals surface area contributed by atoms with E-state index in [1.54, 1.807) is 24.3 Å². The molecular weight excluding hydrogens is 356 g/mol. The van der Waals surface area contributed by atoms with Crippen LogP contribution in [0.5, 0.6) is 0 Å². The number of nitrogens with one attached hydrogen (secondary N) is 1. The predicted octanol–water partition coefficient (Wildman–Crippen LogP) is 0.153. The molecule has 130 valence electrons. The SMILES string of the molecule is O=C1COC(C(=O)N2CCS(=O)(=O)CC2)C(c2ccccc2Cl)N1. The summed E-state index contributed by atoms with van der Waals surface area (Å²) in [5, 5.41) is 3.17. The van der Waals surface area contributed by atoms with Gasteiger partial charge in [-0.1, -0.05) is 29.8 Å². The fraction of sp³-hybridized carbons (Fsp3) is 0.467. The number of rotatable bonds is 2. The number of hydrogen-bond donors (Lipinski definition) is 1. The summed E-state index contributed by atoms with van der Waals surface area (Å²) in [5.74, 6) is -0.789. The van der Waals surface area contributed by atoms with Gasteiger partial charge < -0.3 is 15.0 Å². The highest BCUT2D eigenvalue weighted by Gasteiger charge is 2.40. The first kappa shape index (κ1) is 17.2. The predicted molar refractivity (Wildman–Crippen MR) is 87.3 cm³/mol. The van der Waals surface area contributed by atoms with Crippen molar-refractivity contribution >= 4 is 33.3 Å². The Morgan fingerprint density at radius 1 is 1.25 bits per heavy atom. The van der Waals surface area contributed by atoms with Crippen molar-refractivity contribution in [1.82, 2.24) is 10.2 Å². The molecule has 1 N–H and O–H groups in total. The zero-order valence-corrected chi connectivity index (χ0v) is 14.3. The zero-order chi connectivity index (χ0) is 17.3. The Kier molecular flexibility index (Phi) is 4.80. The van der Waals surface area contributed by atoms with E-state index in [0.29, 0.717) is 10.6 Å². The number of halogens is 1. The minimum absolute atomic E-state index is 0.0609. The molecule has 1 aromatic carbocycles. The van der Waals surface area contributed by atoms with Crippen molar-refractivity contribution in [2.75, 3.05) is 31.2 Å². The Balaban J connectivity index is 1.83. The molecule has 0 aliphatic carbocycles. The average molecular weight is 373 g/mol. The van der Waals surface area contributed by atoms with Crippen LogP contribution in [0, 0.1) is 0 Å². The van der Waals surface area contributed by atoms with E-state index in [9.17, 15) is 18.0 Å². The van der Waals surface area contributed by atoms with E-state index in [1.165, 1.54) is 4.90 Å². The van der Waals surface area contributed by atoms with E-state index in [1.807, 2.05) is 0 Å². The molecule has 0 bridgehead atoms. The third-order valence-corrected chi connectivity index (χ3v) is 6.11. The number of carbonyl (C=O) groups excluding carboxylic acids is 2. The van der Waals surface area contributed by atoms with Gasteiger partial charge in [0.05, 0.1) is 17.5 Å². The number of amides is 2. The van der Waals surface area contributed by atoms with Gasteiger partial charge >= 0.3 is 0 Å². The van der Waals surface area contributed by atoms with E-state index >= 15 is 0 Å². The van der Waals surface area contributed by atoms with Gasteiger partial charge in [0.1, 0.15) is 6.61 Å². The van der Waals surface area contributed by atoms with E-state index in [4.69, 9.17) is 16.3 Å². The van der Waals surface area contributed by atoms with Crippen molar-refractivity contribution in [3.05, 3.63) is 34.9 Å². The van der Waals surface area contributed by atoms with Crippen molar-refractivity contribution in [1.29, 1.82) is 0 Å². The molecule has 9 heteroatoms. The molecule has 1 aromatic rings. The monoisotopic (exact) mass is 372 g/mol. The van der Waals surface area contributed by atoms with Crippen molar-refractivity contribution in [3.63, 3.8) is 0 Å². The standard InChI is InChI=1S/C15H17ClN2O5S/c16-11-4-2-1-3-10(11)13-14(23-9-12(19)17-13)15(20)18-5-7-24(21,22)8-6-18/h1-4,13-14H,5-9H2,(H,17,19). The third kappa shape index (κ3) is 3.55. The Hall–Kier alpha value is -1.64. The van der Waals surface area contributed by atoms with Crippen LogP contribution in [0.2, 0.25) is 5.02 Å². The van der Waals surface area contributed by atoms with Gasteiger partial charge in [-0.25, -0.2) is 8.42 Å². The summed E-state index contributed by atoms with van der Waals surface area (Å²) in [7, 11) is -3.09. The molecule has 0 spiro atoms. The summed E-state index contributed by atoms with van der Waals surface area (Å²) < 4.78 is 28.5. The highest BCUT2D eigenvalue weighted by Crippen LogP contribution is 2.29. The molecular formula is C15H17ClN2O5S. The Morgan fingerprint density at radius 3 is 2.58 bits per heavy atom. The first-order chi connectivity index (χ1) is 11.4. The second-order valence-electron chi connectivity index (χ2n) is 5.78. The van der Waals surface area contributed by atoms with E-state index in [2.05, 4.69) is 5.32 Å². The first-order valence-corrected chi connectivity index (χ1v) is 9.72. The molecule has 2 unspecified atom stereocenters. The largest absolute Gasteiger partial charge is 0.356 e. The topological polar surface area (TPSA) is 92.8 Å². The minimum Gasteiger partial charge on any atom is -0.356 e. The highest BCUT2D eigenvalue weighted by molar-refractivity contribution is 7.91. The van der Waals surface area contributed by atoms with Gasteiger partial charge in [-0.3, -0.25) is 9.59 Å².